The summed E-state index contributed by atoms with van der Waals surface area (Å²) in [5.41, 5.74) is 3.25. The molecule has 33 heavy (non-hydrogen) atoms. The molecular formula is C25H35ClN4O2S. The Bertz CT molecular complexity index is 886. The number of anilines is 2. The molecule has 0 atom stereocenters. The third-order valence-corrected chi connectivity index (χ3v) is 5.15. The van der Waals surface area contributed by atoms with E-state index in [2.05, 4.69) is 27.8 Å². The molecule has 0 bridgehead atoms. The van der Waals surface area contributed by atoms with Crippen molar-refractivity contribution in [3.8, 4) is 0 Å². The standard InChI is InChI=1S/C25H34N4O2S.ClH/c1-4-5-8-19-10-12-20(13-11-19)24(31)28-25(32)27-22-16-14-21(15-17-22)26-23(30)9-6-7-18-29(2)3;/h10-17H,4-9,18H2,1-3H3,(H,26,30)(H2,27,28,31,32);1H. The van der Waals surface area contributed by atoms with Gasteiger partial charge in [-0.1, -0.05) is 25.5 Å². The first-order chi connectivity index (χ1) is 15.4. The van der Waals surface area contributed by atoms with E-state index in [-0.39, 0.29) is 29.3 Å². The van der Waals surface area contributed by atoms with Gasteiger partial charge in [0.2, 0.25) is 5.91 Å². The number of aryl methyl sites for hydroxylation is 1. The highest BCUT2D eigenvalue weighted by Crippen LogP contribution is 2.14. The predicted octanol–water partition coefficient (Wildman–Crippen LogP) is 5.25. The fraction of sp³-hybridized carbons (Fsp3) is 0.400. The Morgan fingerprint density at radius 2 is 1.48 bits per heavy atom. The lowest BCUT2D eigenvalue weighted by atomic mass is 10.1. The number of hydrogen-bond donors (Lipinski definition) is 3. The van der Waals surface area contributed by atoms with Gasteiger partial charge in [0.15, 0.2) is 5.11 Å². The Labute approximate surface area is 208 Å². The van der Waals surface area contributed by atoms with Crippen LogP contribution in [0.3, 0.4) is 0 Å². The summed E-state index contributed by atoms with van der Waals surface area (Å²) >= 11 is 5.26. The molecule has 2 rings (SSSR count). The van der Waals surface area contributed by atoms with Crippen molar-refractivity contribution in [1.29, 1.82) is 0 Å². The monoisotopic (exact) mass is 490 g/mol. The summed E-state index contributed by atoms with van der Waals surface area (Å²) in [5, 5.41) is 8.82. The molecule has 2 amide bonds. The molecule has 0 spiro atoms. The molecule has 6 nitrogen and oxygen atoms in total. The molecule has 0 aliphatic rings. The van der Waals surface area contributed by atoms with E-state index in [1.165, 1.54) is 5.56 Å². The van der Waals surface area contributed by atoms with Gasteiger partial charge >= 0.3 is 0 Å². The van der Waals surface area contributed by atoms with Gasteiger partial charge in [-0.05, 0) is 101 Å². The second kappa shape index (κ2) is 15.4. The largest absolute Gasteiger partial charge is 0.332 e. The van der Waals surface area contributed by atoms with Crippen molar-refractivity contribution in [2.24, 2.45) is 0 Å². The van der Waals surface area contributed by atoms with Crippen LogP contribution in [0.1, 0.15) is 54.9 Å². The van der Waals surface area contributed by atoms with E-state index in [0.717, 1.165) is 50.0 Å². The van der Waals surface area contributed by atoms with Gasteiger partial charge in [0.1, 0.15) is 0 Å². The van der Waals surface area contributed by atoms with Crippen molar-refractivity contribution in [2.75, 3.05) is 31.3 Å². The second-order valence-electron chi connectivity index (χ2n) is 8.09. The van der Waals surface area contributed by atoms with Crippen LogP contribution in [0.15, 0.2) is 48.5 Å². The Hall–Kier alpha value is -2.48. The Balaban J connectivity index is 0.00000544. The van der Waals surface area contributed by atoms with Gasteiger partial charge in [0.25, 0.3) is 5.91 Å². The lowest BCUT2D eigenvalue weighted by Crippen LogP contribution is -2.34. The highest BCUT2D eigenvalue weighted by molar-refractivity contribution is 7.80. The summed E-state index contributed by atoms with van der Waals surface area (Å²) in [7, 11) is 4.05. The first-order valence-corrected chi connectivity index (χ1v) is 11.5. The predicted molar refractivity (Wildman–Crippen MR) is 143 cm³/mol. The molecule has 0 radical (unpaired) electrons. The average Bonchev–Trinajstić information content (AvgIpc) is 2.76. The van der Waals surface area contributed by atoms with Crippen molar-refractivity contribution >= 4 is 52.9 Å². The summed E-state index contributed by atoms with van der Waals surface area (Å²) < 4.78 is 0. The Morgan fingerprint density at radius 1 is 0.879 bits per heavy atom. The van der Waals surface area contributed by atoms with E-state index in [1.807, 2.05) is 50.5 Å². The molecule has 0 aliphatic heterocycles. The van der Waals surface area contributed by atoms with Crippen LogP contribution >= 0.6 is 24.6 Å². The molecule has 0 saturated heterocycles. The quantitative estimate of drug-likeness (QED) is 0.296. The number of carbonyl (C=O) groups is 2. The molecule has 0 saturated carbocycles. The number of unbranched alkanes of at least 4 members (excludes halogenated alkanes) is 2. The van der Waals surface area contributed by atoms with E-state index >= 15 is 0 Å². The molecule has 0 unspecified atom stereocenters. The highest BCUT2D eigenvalue weighted by Gasteiger charge is 2.09. The number of hydrogen-bond acceptors (Lipinski definition) is 4. The average molecular weight is 491 g/mol. The fourth-order valence-electron chi connectivity index (χ4n) is 3.12. The van der Waals surface area contributed by atoms with Crippen LogP contribution in [0.25, 0.3) is 0 Å². The molecule has 0 aliphatic carbocycles. The lowest BCUT2D eigenvalue weighted by Gasteiger charge is -2.11. The summed E-state index contributed by atoms with van der Waals surface area (Å²) in [5.74, 6) is -0.240. The summed E-state index contributed by atoms with van der Waals surface area (Å²) in [6.07, 6.45) is 5.66. The SMILES string of the molecule is CCCCc1ccc(C(=O)NC(=S)Nc2ccc(NC(=O)CCCCN(C)C)cc2)cc1.Cl. The topological polar surface area (TPSA) is 73.5 Å². The number of nitrogens with zero attached hydrogens (tertiary/aromatic N) is 1. The fourth-order valence-corrected chi connectivity index (χ4v) is 3.33. The Kier molecular flexibility index (Phi) is 13.3. The molecule has 2 aromatic rings. The van der Waals surface area contributed by atoms with Crippen LogP contribution in [-0.2, 0) is 11.2 Å². The third kappa shape index (κ3) is 11.3. The van der Waals surface area contributed by atoms with E-state index in [0.29, 0.717) is 12.0 Å². The number of halogens is 1. The van der Waals surface area contributed by atoms with Gasteiger partial charge < -0.3 is 15.5 Å². The first kappa shape index (κ1) is 28.6. The van der Waals surface area contributed by atoms with Gasteiger partial charge in [-0.2, -0.15) is 0 Å². The number of rotatable bonds is 11. The normalized spacial score (nSPS) is 10.3. The zero-order valence-corrected chi connectivity index (χ0v) is 21.3. The smallest absolute Gasteiger partial charge is 0.257 e. The zero-order chi connectivity index (χ0) is 23.3. The lowest BCUT2D eigenvalue weighted by molar-refractivity contribution is -0.116. The van der Waals surface area contributed by atoms with Gasteiger partial charge in [0, 0.05) is 23.4 Å². The van der Waals surface area contributed by atoms with Gasteiger partial charge in [-0.25, -0.2) is 0 Å². The van der Waals surface area contributed by atoms with Crippen molar-refractivity contribution in [3.63, 3.8) is 0 Å². The second-order valence-corrected chi connectivity index (χ2v) is 8.50. The van der Waals surface area contributed by atoms with Crippen LogP contribution in [0.2, 0.25) is 0 Å². The number of carbonyl (C=O) groups excluding carboxylic acids is 2. The summed E-state index contributed by atoms with van der Waals surface area (Å²) in [4.78, 5) is 26.6. The molecule has 180 valence electrons. The summed E-state index contributed by atoms with van der Waals surface area (Å²) in [6.45, 7) is 3.14. The molecule has 0 heterocycles. The maximum absolute atomic E-state index is 12.4. The maximum atomic E-state index is 12.4. The highest BCUT2D eigenvalue weighted by atomic mass is 35.5. The van der Waals surface area contributed by atoms with Crippen molar-refractivity contribution < 1.29 is 9.59 Å². The van der Waals surface area contributed by atoms with Crippen molar-refractivity contribution in [3.05, 3.63) is 59.7 Å². The summed E-state index contributed by atoms with van der Waals surface area (Å²) in [6, 6.07) is 14.8. The molecule has 8 heteroatoms. The number of amides is 2. The maximum Gasteiger partial charge on any atom is 0.257 e. The number of benzene rings is 2. The van der Waals surface area contributed by atoms with Crippen molar-refractivity contribution in [2.45, 2.75) is 45.4 Å². The molecular weight excluding hydrogens is 456 g/mol. The van der Waals surface area contributed by atoms with Gasteiger partial charge in [0.05, 0.1) is 0 Å². The number of thiocarbonyl (C=S) groups is 1. The van der Waals surface area contributed by atoms with Crippen molar-refractivity contribution in [1.82, 2.24) is 10.2 Å². The molecule has 0 aromatic heterocycles. The third-order valence-electron chi connectivity index (χ3n) is 4.95. The Morgan fingerprint density at radius 3 is 2.06 bits per heavy atom. The van der Waals surface area contributed by atoms with Crippen LogP contribution in [0.4, 0.5) is 11.4 Å². The first-order valence-electron chi connectivity index (χ1n) is 11.1. The van der Waals surface area contributed by atoms with E-state index < -0.39 is 0 Å². The van der Waals surface area contributed by atoms with Gasteiger partial charge in [-0.3, -0.25) is 14.9 Å². The minimum Gasteiger partial charge on any atom is -0.332 e. The van der Waals surface area contributed by atoms with Crippen LogP contribution in [-0.4, -0.2) is 42.5 Å². The van der Waals surface area contributed by atoms with Crippen LogP contribution in [0.5, 0.6) is 0 Å². The van der Waals surface area contributed by atoms with E-state index in [1.54, 1.807) is 12.1 Å². The number of nitrogens with one attached hydrogen (secondary N) is 3. The zero-order valence-electron chi connectivity index (χ0n) is 19.6. The molecule has 2 aromatic carbocycles. The minimum absolute atomic E-state index is 0. The van der Waals surface area contributed by atoms with Crippen LogP contribution < -0.4 is 16.0 Å². The minimum atomic E-state index is -0.248. The van der Waals surface area contributed by atoms with Gasteiger partial charge in [-0.15, -0.1) is 12.4 Å². The molecule has 0 fully saturated rings. The van der Waals surface area contributed by atoms with E-state index in [9.17, 15) is 9.59 Å². The van der Waals surface area contributed by atoms with E-state index in [4.69, 9.17) is 12.2 Å². The molecule has 3 N–H and O–H groups in total. The van der Waals surface area contributed by atoms with Crippen LogP contribution in [0, 0.1) is 0 Å².